The number of benzene rings is 1. The first-order chi connectivity index (χ1) is 11.3. The topological polar surface area (TPSA) is 76.9 Å². The number of aryl methyl sites for hydroxylation is 1. The zero-order chi connectivity index (χ0) is 17.5. The summed E-state index contributed by atoms with van der Waals surface area (Å²) < 4.78 is 45.8. The Morgan fingerprint density at radius 1 is 1.33 bits per heavy atom. The molecule has 0 spiro atoms. The first-order valence-corrected chi connectivity index (χ1v) is 7.11. The van der Waals surface area contributed by atoms with Crippen LogP contribution in [0.3, 0.4) is 0 Å². The average Bonchev–Trinajstić information content (AvgIpc) is 2.83. The fraction of sp³-hybridized carbons (Fsp3) is 0.250. The van der Waals surface area contributed by atoms with Gasteiger partial charge in [0.25, 0.3) is 0 Å². The molecule has 1 aliphatic heterocycles. The third kappa shape index (κ3) is 2.69. The second-order valence-corrected chi connectivity index (χ2v) is 5.42. The summed E-state index contributed by atoms with van der Waals surface area (Å²) >= 11 is 0. The van der Waals surface area contributed by atoms with Gasteiger partial charge in [-0.3, -0.25) is 0 Å². The standard InChI is InChI=1S/C16H13F3N4O/c1-9-13-11(7-16(17,18)19)12(8-20)14(21)24-15(13)23(22-9)10-5-3-2-4-6-10/h2-6,11H,7,21H2,1H3. The fourth-order valence-electron chi connectivity index (χ4n) is 2.81. The van der Waals surface area contributed by atoms with Gasteiger partial charge in [-0.25, -0.2) is 4.68 Å². The maximum atomic E-state index is 13.0. The highest BCUT2D eigenvalue weighted by molar-refractivity contribution is 5.52. The smallest absolute Gasteiger partial charge is 0.390 e. The van der Waals surface area contributed by atoms with Gasteiger partial charge in [0.05, 0.1) is 23.4 Å². The van der Waals surface area contributed by atoms with E-state index in [0.717, 1.165) is 0 Å². The predicted octanol–water partition coefficient (Wildman–Crippen LogP) is 3.30. The molecule has 1 unspecified atom stereocenters. The molecule has 0 amide bonds. The summed E-state index contributed by atoms with van der Waals surface area (Å²) in [4.78, 5) is 0. The Morgan fingerprint density at radius 2 is 2.00 bits per heavy atom. The summed E-state index contributed by atoms with van der Waals surface area (Å²) in [5.74, 6) is -1.43. The molecule has 1 aromatic heterocycles. The molecule has 2 heterocycles. The van der Waals surface area contributed by atoms with Crippen LogP contribution in [0.2, 0.25) is 0 Å². The molecule has 3 rings (SSSR count). The summed E-state index contributed by atoms with van der Waals surface area (Å²) in [6, 6.07) is 10.6. The number of halogens is 3. The molecule has 1 atom stereocenters. The minimum absolute atomic E-state index is 0.115. The molecule has 1 aromatic carbocycles. The number of hydrogen-bond donors (Lipinski definition) is 1. The monoisotopic (exact) mass is 334 g/mol. The maximum absolute atomic E-state index is 13.0. The highest BCUT2D eigenvalue weighted by atomic mass is 19.4. The Kier molecular flexibility index (Phi) is 3.72. The molecule has 2 N–H and O–H groups in total. The van der Waals surface area contributed by atoms with Gasteiger partial charge in [0, 0.05) is 11.5 Å². The summed E-state index contributed by atoms with van der Waals surface area (Å²) in [6.45, 7) is 1.58. The van der Waals surface area contributed by atoms with Gasteiger partial charge in [0.15, 0.2) is 0 Å². The summed E-state index contributed by atoms with van der Waals surface area (Å²) in [5.41, 5.74) is 6.70. The van der Waals surface area contributed by atoms with Crippen LogP contribution in [-0.2, 0) is 0 Å². The minimum Gasteiger partial charge on any atom is -0.422 e. The van der Waals surface area contributed by atoms with Crippen molar-refractivity contribution < 1.29 is 17.9 Å². The lowest BCUT2D eigenvalue weighted by molar-refractivity contribution is -0.137. The Balaban J connectivity index is 2.18. The highest BCUT2D eigenvalue weighted by Crippen LogP contribution is 2.45. The van der Waals surface area contributed by atoms with Crippen molar-refractivity contribution in [1.82, 2.24) is 9.78 Å². The second-order valence-electron chi connectivity index (χ2n) is 5.42. The number of nitrogens with two attached hydrogens (primary N) is 1. The molecule has 0 fully saturated rings. The lowest BCUT2D eigenvalue weighted by Gasteiger charge is -2.25. The van der Waals surface area contributed by atoms with Crippen LogP contribution in [0.25, 0.3) is 5.69 Å². The molecule has 24 heavy (non-hydrogen) atoms. The molecule has 5 nitrogen and oxygen atoms in total. The van der Waals surface area contributed by atoms with Crippen LogP contribution in [0.15, 0.2) is 41.8 Å². The van der Waals surface area contributed by atoms with E-state index in [1.807, 2.05) is 6.07 Å². The number of alkyl halides is 3. The third-order valence-corrected chi connectivity index (χ3v) is 3.79. The fourth-order valence-corrected chi connectivity index (χ4v) is 2.81. The van der Waals surface area contributed by atoms with Crippen LogP contribution in [0, 0.1) is 18.3 Å². The average molecular weight is 334 g/mol. The first-order valence-electron chi connectivity index (χ1n) is 7.11. The van der Waals surface area contributed by atoms with Gasteiger partial charge in [-0.2, -0.15) is 23.5 Å². The molecule has 124 valence electrons. The van der Waals surface area contributed by atoms with Gasteiger partial charge in [0.2, 0.25) is 11.8 Å². The lowest BCUT2D eigenvalue weighted by Crippen LogP contribution is -2.24. The maximum Gasteiger partial charge on any atom is 0.390 e. The number of hydrogen-bond acceptors (Lipinski definition) is 4. The van der Waals surface area contributed by atoms with Crippen LogP contribution in [-0.4, -0.2) is 16.0 Å². The largest absolute Gasteiger partial charge is 0.422 e. The zero-order valence-electron chi connectivity index (χ0n) is 12.6. The van der Waals surface area contributed by atoms with Crippen LogP contribution >= 0.6 is 0 Å². The minimum atomic E-state index is -4.46. The van der Waals surface area contributed by atoms with Crippen molar-refractivity contribution in [3.63, 3.8) is 0 Å². The van der Waals surface area contributed by atoms with Gasteiger partial charge in [-0.1, -0.05) is 18.2 Å². The van der Waals surface area contributed by atoms with Crippen LogP contribution in [0.5, 0.6) is 5.88 Å². The Labute approximate surface area is 135 Å². The van der Waals surface area contributed by atoms with E-state index in [-0.39, 0.29) is 22.9 Å². The molecule has 1 aliphatic rings. The van der Waals surface area contributed by atoms with Crippen molar-refractivity contribution in [2.45, 2.75) is 25.4 Å². The number of allylic oxidation sites excluding steroid dienone is 1. The Hall–Kier alpha value is -2.95. The summed E-state index contributed by atoms with van der Waals surface area (Å²) in [6.07, 6.45) is -5.66. The molecular weight excluding hydrogens is 321 g/mol. The van der Waals surface area contributed by atoms with Gasteiger partial charge >= 0.3 is 6.18 Å². The Morgan fingerprint density at radius 3 is 2.58 bits per heavy atom. The molecule has 0 bridgehead atoms. The summed E-state index contributed by atoms with van der Waals surface area (Å²) in [7, 11) is 0. The molecule has 0 saturated heterocycles. The number of fused-ring (bicyclic) bond motifs is 1. The normalized spacial score (nSPS) is 17.2. The van der Waals surface area contributed by atoms with Crippen molar-refractivity contribution in [3.05, 3.63) is 53.0 Å². The second kappa shape index (κ2) is 5.60. The van der Waals surface area contributed by atoms with Crippen molar-refractivity contribution in [3.8, 4) is 17.6 Å². The number of nitrogens with zero attached hydrogens (tertiary/aromatic N) is 3. The van der Waals surface area contributed by atoms with Crippen LogP contribution in [0.4, 0.5) is 13.2 Å². The van der Waals surface area contributed by atoms with Crippen molar-refractivity contribution in [2.24, 2.45) is 5.73 Å². The van der Waals surface area contributed by atoms with E-state index < -0.39 is 18.5 Å². The van der Waals surface area contributed by atoms with Crippen molar-refractivity contribution in [2.75, 3.05) is 0 Å². The number of para-hydroxylation sites is 1. The number of nitriles is 1. The molecule has 0 aliphatic carbocycles. The molecule has 8 heteroatoms. The Bertz CT molecular complexity index is 847. The van der Waals surface area contributed by atoms with Gasteiger partial charge in [-0.15, -0.1) is 0 Å². The van der Waals surface area contributed by atoms with E-state index in [2.05, 4.69) is 5.10 Å². The van der Waals surface area contributed by atoms with Gasteiger partial charge in [0.1, 0.15) is 6.07 Å². The van der Waals surface area contributed by atoms with E-state index in [1.54, 1.807) is 37.3 Å². The van der Waals surface area contributed by atoms with Crippen LogP contribution in [0.1, 0.15) is 23.6 Å². The van der Waals surface area contributed by atoms with Crippen molar-refractivity contribution in [1.29, 1.82) is 5.26 Å². The number of ether oxygens (including phenoxy) is 1. The predicted molar refractivity (Wildman–Crippen MR) is 79.2 cm³/mol. The molecule has 0 saturated carbocycles. The quantitative estimate of drug-likeness (QED) is 0.914. The van der Waals surface area contributed by atoms with Crippen molar-refractivity contribution >= 4 is 0 Å². The number of aromatic nitrogens is 2. The summed E-state index contributed by atoms with van der Waals surface area (Å²) in [5, 5.41) is 13.5. The first kappa shape index (κ1) is 15.9. The van der Waals surface area contributed by atoms with E-state index in [0.29, 0.717) is 11.4 Å². The molecule has 2 aromatic rings. The van der Waals surface area contributed by atoms with Gasteiger partial charge in [-0.05, 0) is 19.1 Å². The van der Waals surface area contributed by atoms with E-state index in [9.17, 15) is 18.4 Å². The molecular formula is C16H13F3N4O. The SMILES string of the molecule is Cc1nn(-c2ccccc2)c2c1C(CC(F)(F)F)C(C#N)=C(N)O2. The van der Waals surface area contributed by atoms with E-state index in [1.165, 1.54) is 4.68 Å². The highest BCUT2D eigenvalue weighted by Gasteiger charge is 2.42. The lowest BCUT2D eigenvalue weighted by atomic mass is 9.87. The molecule has 0 radical (unpaired) electrons. The van der Waals surface area contributed by atoms with E-state index >= 15 is 0 Å². The van der Waals surface area contributed by atoms with Gasteiger partial charge < -0.3 is 10.5 Å². The third-order valence-electron chi connectivity index (χ3n) is 3.79. The zero-order valence-corrected chi connectivity index (χ0v) is 12.6. The van der Waals surface area contributed by atoms with Crippen LogP contribution < -0.4 is 10.5 Å². The number of rotatable bonds is 2. The van der Waals surface area contributed by atoms with E-state index in [4.69, 9.17) is 10.5 Å².